The van der Waals surface area contributed by atoms with E-state index < -0.39 is 26.8 Å². The molecule has 6 aromatic carbocycles. The van der Waals surface area contributed by atoms with Crippen molar-refractivity contribution in [2.45, 2.75) is 24.4 Å². The molecular weight excluding hydrogens is 707 g/mol. The molecule has 9 rings (SSSR count). The van der Waals surface area contributed by atoms with Crippen LogP contribution in [-0.4, -0.2) is 5.92 Å². The minimum Gasteiger partial charge on any atom is -1.00 e. The minimum absolute atomic E-state index is 0. The second kappa shape index (κ2) is 12.3. The molecular formula is C43H35Cl2SiZr. The summed E-state index contributed by atoms with van der Waals surface area (Å²) in [4.78, 5) is 0. The van der Waals surface area contributed by atoms with E-state index in [1.54, 1.807) is 30.3 Å². The summed E-state index contributed by atoms with van der Waals surface area (Å²) in [6.45, 7) is 7.37. The van der Waals surface area contributed by atoms with Crippen LogP contribution >= 0.6 is 0 Å². The molecule has 0 N–H and O–H groups in total. The summed E-state index contributed by atoms with van der Waals surface area (Å²) in [7, 11) is 0. The quantitative estimate of drug-likeness (QED) is 0.244. The molecule has 0 saturated carbocycles. The Balaban J connectivity index is 0.00000176. The number of fused-ring (bicyclic) bond motifs is 4. The molecule has 2 atom stereocenters. The largest absolute Gasteiger partial charge is 1.00 e. The molecule has 2 unspecified atom stereocenters. The minimum atomic E-state index is -2.15. The van der Waals surface area contributed by atoms with Gasteiger partial charge in [0, 0.05) is 0 Å². The predicted octanol–water partition coefficient (Wildman–Crippen LogP) is 2.96. The summed E-state index contributed by atoms with van der Waals surface area (Å²) in [5.74, 6) is -1.18. The van der Waals surface area contributed by atoms with Gasteiger partial charge in [-0.3, -0.25) is 0 Å². The molecule has 0 aromatic heterocycles. The molecule has 1 aliphatic carbocycles. The van der Waals surface area contributed by atoms with Gasteiger partial charge in [-0.25, -0.2) is 0 Å². The van der Waals surface area contributed by atoms with Crippen molar-refractivity contribution >= 4 is 25.6 Å². The molecule has 0 fully saturated rings. The Morgan fingerprint density at radius 1 is 0.532 bits per heavy atom. The van der Waals surface area contributed by atoms with E-state index in [4.69, 9.17) is 0 Å². The first kappa shape index (κ1) is 32.3. The van der Waals surface area contributed by atoms with Crippen LogP contribution in [0.1, 0.15) is 35.5 Å². The maximum absolute atomic E-state index is 2.66. The fourth-order valence-corrected chi connectivity index (χ4v) is 34.9. The Bertz CT molecular complexity index is 2170. The number of rotatable bonds is 4. The van der Waals surface area contributed by atoms with Crippen molar-refractivity contribution in [3.05, 3.63) is 156 Å². The fourth-order valence-electron chi connectivity index (χ4n) is 8.39. The third-order valence-corrected chi connectivity index (χ3v) is 32.5. The molecule has 47 heavy (non-hydrogen) atoms. The van der Waals surface area contributed by atoms with Crippen molar-refractivity contribution in [2.24, 2.45) is 5.41 Å². The number of hydrogen-bond acceptors (Lipinski definition) is 0. The van der Waals surface area contributed by atoms with E-state index in [0.29, 0.717) is 3.63 Å². The van der Waals surface area contributed by atoms with E-state index in [0.717, 1.165) is 0 Å². The van der Waals surface area contributed by atoms with Crippen LogP contribution in [0, 0.1) is 5.41 Å². The van der Waals surface area contributed by atoms with Gasteiger partial charge in [0.15, 0.2) is 0 Å². The van der Waals surface area contributed by atoms with Gasteiger partial charge in [0.2, 0.25) is 0 Å². The van der Waals surface area contributed by atoms with Gasteiger partial charge in [-0.1, -0.05) is 0 Å². The Morgan fingerprint density at radius 2 is 1.11 bits per heavy atom. The van der Waals surface area contributed by atoms with Gasteiger partial charge in [-0.15, -0.1) is 0 Å². The van der Waals surface area contributed by atoms with E-state index >= 15 is 0 Å². The average molecular weight is 742 g/mol. The van der Waals surface area contributed by atoms with E-state index in [2.05, 4.69) is 166 Å². The zero-order valence-electron chi connectivity index (χ0n) is 26.8. The second-order valence-electron chi connectivity index (χ2n) is 13.8. The first-order valence-corrected chi connectivity index (χ1v) is 24.8. The van der Waals surface area contributed by atoms with Crippen molar-refractivity contribution in [1.29, 1.82) is 0 Å². The molecule has 6 aromatic rings. The van der Waals surface area contributed by atoms with E-state index in [9.17, 15) is 0 Å². The smallest absolute Gasteiger partial charge is 1.00 e. The summed E-state index contributed by atoms with van der Waals surface area (Å²) in [5.41, 5.74) is 15.8. The van der Waals surface area contributed by atoms with Gasteiger partial charge in [-0.2, -0.15) is 0 Å². The fraction of sp³-hybridized carbons (Fsp3) is 0.116. The van der Waals surface area contributed by atoms with Crippen molar-refractivity contribution in [3.8, 4) is 44.5 Å². The van der Waals surface area contributed by atoms with Crippen molar-refractivity contribution in [3.63, 3.8) is 0 Å². The maximum Gasteiger partial charge on any atom is -1.00 e. The van der Waals surface area contributed by atoms with Gasteiger partial charge in [0.1, 0.15) is 0 Å². The summed E-state index contributed by atoms with van der Waals surface area (Å²) >= 11 is -2.15. The van der Waals surface area contributed by atoms with Crippen molar-refractivity contribution < 1.29 is 45.7 Å². The molecule has 0 saturated heterocycles. The Morgan fingerprint density at radius 3 is 1.79 bits per heavy atom. The van der Waals surface area contributed by atoms with Gasteiger partial charge < -0.3 is 24.8 Å². The average Bonchev–Trinajstić information content (AvgIpc) is 3.61. The molecule has 0 bridgehead atoms. The van der Waals surface area contributed by atoms with Gasteiger partial charge in [-0.05, 0) is 0 Å². The maximum atomic E-state index is 2.66. The monoisotopic (exact) mass is 739 g/mol. The van der Waals surface area contributed by atoms with Crippen LogP contribution in [0.15, 0.2) is 145 Å². The first-order chi connectivity index (χ1) is 22.0. The molecule has 0 spiro atoms. The molecule has 229 valence electrons. The van der Waals surface area contributed by atoms with Crippen LogP contribution in [0.3, 0.4) is 0 Å². The number of halogens is 2. The molecule has 0 amide bonds. The van der Waals surface area contributed by atoms with Crippen LogP contribution < -0.4 is 38.5 Å². The van der Waals surface area contributed by atoms with Gasteiger partial charge >= 0.3 is 277 Å². The Kier molecular flexibility index (Phi) is 8.47. The van der Waals surface area contributed by atoms with Crippen molar-refractivity contribution in [2.75, 3.05) is 0 Å². The predicted molar refractivity (Wildman–Crippen MR) is 191 cm³/mol. The SMILES string of the molecule is CC(C)(C)C1=Cc2c(ccc(-c3ccccc3)c2-c2ccccc2-c2ccccc2)[CH]1[Zr+2]1[c]2cccc3c2[SiH]1c1ccccc1-3.[Cl-].[Cl-]. The van der Waals surface area contributed by atoms with E-state index in [1.165, 1.54) is 44.5 Å². The van der Waals surface area contributed by atoms with Gasteiger partial charge in [0.25, 0.3) is 0 Å². The topological polar surface area (TPSA) is 0 Å². The van der Waals surface area contributed by atoms with Crippen LogP contribution in [0.2, 0.25) is 0 Å². The normalized spacial score (nSPS) is 16.6. The molecule has 2 heterocycles. The first-order valence-electron chi connectivity index (χ1n) is 16.2. The standard InChI is InChI=1S/C31H27.C12H8Si.2ClH.Zr/c1-31(2,3)25-20-24-18-19-27(23-14-8-5-9-15-23)30(29(24)21-25)28-17-11-10-16-26(28)22-12-6-4-7-13-22;1-3-7-11-9(5-1)10-6-2-4-8-12(10)13-11;;;/h4-21H,1-3H3;1-7,13H;2*1H;/q;;;;+2/p-2. The Hall–Kier alpha value is -3.26. The summed E-state index contributed by atoms with van der Waals surface area (Å²) in [6, 6.07) is 52.8. The third-order valence-electron chi connectivity index (χ3n) is 10.3. The van der Waals surface area contributed by atoms with Crippen LogP contribution in [-0.2, 0) is 20.9 Å². The van der Waals surface area contributed by atoms with Crippen LogP contribution in [0.25, 0.3) is 50.6 Å². The summed E-state index contributed by atoms with van der Waals surface area (Å²) < 4.78 is 2.38. The summed E-state index contributed by atoms with van der Waals surface area (Å²) in [6.07, 6.45) is 2.66. The van der Waals surface area contributed by atoms with Gasteiger partial charge in [0.05, 0.1) is 0 Å². The zero-order chi connectivity index (χ0) is 30.3. The molecule has 0 nitrogen and oxygen atoms in total. The van der Waals surface area contributed by atoms with Crippen molar-refractivity contribution in [1.82, 2.24) is 0 Å². The molecule has 0 radical (unpaired) electrons. The summed E-state index contributed by atoms with van der Waals surface area (Å²) in [5, 5.41) is 3.53. The van der Waals surface area contributed by atoms with E-state index in [-0.39, 0.29) is 30.2 Å². The third kappa shape index (κ3) is 4.95. The van der Waals surface area contributed by atoms with E-state index in [1.807, 2.05) is 0 Å². The molecule has 4 heteroatoms. The number of hydrogen-bond donors (Lipinski definition) is 0. The van der Waals surface area contributed by atoms with Crippen LogP contribution in [0.4, 0.5) is 0 Å². The Labute approximate surface area is 299 Å². The number of allylic oxidation sites excluding steroid dienone is 1. The molecule has 3 aliphatic rings. The second-order valence-corrected chi connectivity index (χ2v) is 28.8. The number of benzene rings is 6. The molecule has 2 aliphatic heterocycles. The zero-order valence-corrected chi connectivity index (χ0v) is 31.9. The van der Waals surface area contributed by atoms with Crippen LogP contribution in [0.5, 0.6) is 0 Å².